The number of nitrogens with one attached hydrogen (secondary N) is 1. The van der Waals surface area contributed by atoms with Crippen LogP contribution in [0.5, 0.6) is 0 Å². The molecule has 28 heavy (non-hydrogen) atoms. The molecule has 3 rings (SSSR count). The van der Waals surface area contributed by atoms with Gasteiger partial charge in [-0.3, -0.25) is 9.59 Å². The Hall–Kier alpha value is -1.52. The summed E-state index contributed by atoms with van der Waals surface area (Å²) < 4.78 is 32.5. The predicted molar refractivity (Wildman–Crippen MR) is 106 cm³/mol. The molecule has 2 saturated heterocycles. The second-order valence-electron chi connectivity index (χ2n) is 6.82. The first kappa shape index (κ1) is 22.8. The number of halogens is 1. The maximum absolute atomic E-state index is 12.8. The van der Waals surface area contributed by atoms with Crippen LogP contribution in [0.15, 0.2) is 29.2 Å². The van der Waals surface area contributed by atoms with E-state index in [9.17, 15) is 18.0 Å². The molecule has 8 nitrogen and oxygen atoms in total. The number of hydrogen-bond acceptors (Lipinski definition) is 6. The van der Waals surface area contributed by atoms with Crippen molar-refractivity contribution in [1.29, 1.82) is 0 Å². The minimum atomic E-state index is -3.65. The molecule has 0 bridgehead atoms. The molecule has 2 aliphatic rings. The molecule has 0 aromatic heterocycles. The number of hydrogen-bond donors (Lipinski definition) is 1. The molecule has 0 unspecified atom stereocenters. The van der Waals surface area contributed by atoms with Gasteiger partial charge in [0.25, 0.3) is 0 Å². The van der Waals surface area contributed by atoms with Crippen molar-refractivity contribution in [2.45, 2.75) is 30.9 Å². The first-order valence-corrected chi connectivity index (χ1v) is 10.5. The highest BCUT2D eigenvalue weighted by molar-refractivity contribution is 7.89. The molecular formula is C18H26ClN3O5S. The summed E-state index contributed by atoms with van der Waals surface area (Å²) in [5, 5.41) is 3.17. The molecule has 156 valence electrons. The minimum Gasteiger partial charge on any atom is -0.375 e. The van der Waals surface area contributed by atoms with E-state index in [2.05, 4.69) is 5.32 Å². The largest absolute Gasteiger partial charge is 0.375 e. The van der Waals surface area contributed by atoms with Crippen LogP contribution in [0.2, 0.25) is 0 Å². The molecule has 0 radical (unpaired) electrons. The van der Waals surface area contributed by atoms with Crippen LogP contribution in [0.1, 0.15) is 24.2 Å². The lowest BCUT2D eigenvalue weighted by atomic mass is 10.1. The molecule has 10 heteroatoms. The van der Waals surface area contributed by atoms with Gasteiger partial charge in [0.15, 0.2) is 5.78 Å². The summed E-state index contributed by atoms with van der Waals surface area (Å²) in [7, 11) is -3.65. The number of benzene rings is 1. The van der Waals surface area contributed by atoms with Gasteiger partial charge in [-0.15, -0.1) is 12.4 Å². The second kappa shape index (κ2) is 9.32. The van der Waals surface area contributed by atoms with Crippen LogP contribution in [0.3, 0.4) is 0 Å². The average Bonchev–Trinajstić information content (AvgIpc) is 2.68. The third-order valence-corrected chi connectivity index (χ3v) is 6.94. The summed E-state index contributed by atoms with van der Waals surface area (Å²) in [5.74, 6) is -0.161. The number of sulfonamides is 1. The standard InChI is InChI=1S/C18H25N3O5S.ClH/c1-13(22)15-3-5-16(6-4-15)27(24,25)21-10-8-20(9-11-21)18(23)17-14(2)26-12-7-19-17;/h3-6,14,17,19H,7-12H2,1-2H3;1H/t14-,17+;/m1./s1. The predicted octanol–water partition coefficient (Wildman–Crippen LogP) is 0.521. The number of amides is 1. The van der Waals surface area contributed by atoms with Gasteiger partial charge in [0, 0.05) is 38.3 Å². The van der Waals surface area contributed by atoms with Crippen molar-refractivity contribution >= 4 is 34.1 Å². The zero-order valence-electron chi connectivity index (χ0n) is 16.0. The van der Waals surface area contributed by atoms with Crippen LogP contribution in [-0.2, 0) is 19.6 Å². The van der Waals surface area contributed by atoms with Gasteiger partial charge in [0.1, 0.15) is 6.04 Å². The maximum Gasteiger partial charge on any atom is 0.243 e. The monoisotopic (exact) mass is 431 g/mol. The van der Waals surface area contributed by atoms with Gasteiger partial charge < -0.3 is 15.0 Å². The van der Waals surface area contributed by atoms with E-state index in [0.29, 0.717) is 31.8 Å². The molecule has 2 aliphatic heterocycles. The van der Waals surface area contributed by atoms with Gasteiger partial charge in [-0.2, -0.15) is 4.31 Å². The average molecular weight is 432 g/mol. The van der Waals surface area contributed by atoms with Crippen LogP contribution >= 0.6 is 12.4 Å². The van der Waals surface area contributed by atoms with Crippen molar-refractivity contribution in [3.8, 4) is 0 Å². The Labute approximate surface area is 171 Å². The molecule has 0 aliphatic carbocycles. The van der Waals surface area contributed by atoms with Crippen LogP contribution < -0.4 is 5.32 Å². The van der Waals surface area contributed by atoms with Gasteiger partial charge >= 0.3 is 0 Å². The molecule has 1 amide bonds. The van der Waals surface area contributed by atoms with E-state index < -0.39 is 10.0 Å². The summed E-state index contributed by atoms with van der Waals surface area (Å²) in [4.78, 5) is 25.9. The Morgan fingerprint density at radius 2 is 1.71 bits per heavy atom. The lowest BCUT2D eigenvalue weighted by molar-refractivity contribution is -0.140. The fourth-order valence-corrected chi connectivity index (χ4v) is 4.79. The van der Waals surface area contributed by atoms with Crippen molar-refractivity contribution in [2.24, 2.45) is 0 Å². The van der Waals surface area contributed by atoms with Crippen molar-refractivity contribution < 1.29 is 22.7 Å². The number of rotatable bonds is 4. The number of morpholine rings is 1. The molecule has 0 saturated carbocycles. The van der Waals surface area contributed by atoms with Gasteiger partial charge in [-0.1, -0.05) is 12.1 Å². The Kier molecular flexibility index (Phi) is 7.58. The van der Waals surface area contributed by atoms with Crippen LogP contribution in [0, 0.1) is 0 Å². The van der Waals surface area contributed by atoms with E-state index in [4.69, 9.17) is 4.74 Å². The molecule has 2 atom stereocenters. The number of piperazine rings is 1. The third-order valence-electron chi connectivity index (χ3n) is 5.03. The Balaban J connectivity index is 0.00000280. The van der Waals surface area contributed by atoms with E-state index in [1.807, 2.05) is 6.92 Å². The molecule has 2 heterocycles. The molecule has 1 aromatic carbocycles. The summed E-state index contributed by atoms with van der Waals surface area (Å²) in [5.41, 5.74) is 0.473. The number of nitrogens with zero attached hydrogens (tertiary/aromatic N) is 2. The van der Waals surface area contributed by atoms with Gasteiger partial charge in [0.2, 0.25) is 15.9 Å². The molecule has 1 aromatic rings. The van der Waals surface area contributed by atoms with E-state index in [1.165, 1.54) is 35.5 Å². The third kappa shape index (κ3) is 4.72. The van der Waals surface area contributed by atoms with Gasteiger partial charge in [-0.05, 0) is 26.0 Å². The van der Waals surface area contributed by atoms with Crippen molar-refractivity contribution in [1.82, 2.24) is 14.5 Å². The van der Waals surface area contributed by atoms with E-state index >= 15 is 0 Å². The Morgan fingerprint density at radius 1 is 1.11 bits per heavy atom. The maximum atomic E-state index is 12.8. The summed E-state index contributed by atoms with van der Waals surface area (Å²) in [6.45, 7) is 5.68. The van der Waals surface area contributed by atoms with Crippen molar-refractivity contribution in [2.75, 3.05) is 39.3 Å². The minimum absolute atomic E-state index is 0. The van der Waals surface area contributed by atoms with E-state index in [1.54, 1.807) is 4.90 Å². The Morgan fingerprint density at radius 3 is 2.25 bits per heavy atom. The SMILES string of the molecule is CC(=O)c1ccc(S(=O)(=O)N2CCN(C(=O)[C@H]3NCCO[C@@H]3C)CC2)cc1.Cl. The van der Waals surface area contributed by atoms with Gasteiger partial charge in [-0.25, -0.2) is 8.42 Å². The fourth-order valence-electron chi connectivity index (χ4n) is 3.37. The van der Waals surface area contributed by atoms with Gasteiger partial charge in [0.05, 0.1) is 17.6 Å². The highest BCUT2D eigenvalue weighted by Crippen LogP contribution is 2.19. The number of ketones is 1. The topological polar surface area (TPSA) is 96.0 Å². The smallest absolute Gasteiger partial charge is 0.243 e. The first-order valence-electron chi connectivity index (χ1n) is 9.05. The first-order chi connectivity index (χ1) is 12.8. The lowest BCUT2D eigenvalue weighted by Gasteiger charge is -2.38. The normalized spacial score (nSPS) is 23.7. The number of ether oxygens (including phenoxy) is 1. The van der Waals surface area contributed by atoms with Crippen molar-refractivity contribution in [3.05, 3.63) is 29.8 Å². The quantitative estimate of drug-likeness (QED) is 0.698. The molecule has 0 spiro atoms. The van der Waals surface area contributed by atoms with E-state index in [-0.39, 0.29) is 54.2 Å². The second-order valence-corrected chi connectivity index (χ2v) is 8.76. The van der Waals surface area contributed by atoms with Crippen LogP contribution in [0.25, 0.3) is 0 Å². The van der Waals surface area contributed by atoms with E-state index in [0.717, 1.165) is 0 Å². The summed E-state index contributed by atoms with van der Waals surface area (Å²) >= 11 is 0. The molecule has 1 N–H and O–H groups in total. The van der Waals surface area contributed by atoms with Crippen LogP contribution in [0.4, 0.5) is 0 Å². The number of carbonyl (C=O) groups is 2. The summed E-state index contributed by atoms with van der Waals surface area (Å²) in [6, 6.07) is 5.56. The highest BCUT2D eigenvalue weighted by Gasteiger charge is 2.35. The highest BCUT2D eigenvalue weighted by atomic mass is 35.5. The summed E-state index contributed by atoms with van der Waals surface area (Å²) in [6.07, 6.45) is -0.201. The molecular weight excluding hydrogens is 406 g/mol. The van der Waals surface area contributed by atoms with Crippen LogP contribution in [-0.4, -0.2) is 80.8 Å². The Bertz CT molecular complexity index is 807. The fraction of sp³-hybridized carbons (Fsp3) is 0.556. The lowest BCUT2D eigenvalue weighted by Crippen LogP contribution is -2.60. The molecule has 2 fully saturated rings. The van der Waals surface area contributed by atoms with Crippen molar-refractivity contribution in [3.63, 3.8) is 0 Å². The zero-order chi connectivity index (χ0) is 19.6. The number of carbonyl (C=O) groups excluding carboxylic acids is 2. The zero-order valence-corrected chi connectivity index (χ0v) is 17.6. The number of Topliss-reactive ketones (excluding diaryl/α,β-unsaturated/α-hetero) is 1.